The molecule has 104 valence electrons. The molecule has 2 aliphatic rings. The zero-order valence-corrected chi connectivity index (χ0v) is 11.1. The van der Waals surface area contributed by atoms with Crippen LogP contribution < -0.4 is 0 Å². The van der Waals surface area contributed by atoms with Crippen LogP contribution in [0.15, 0.2) is 0 Å². The van der Waals surface area contributed by atoms with Gasteiger partial charge in [-0.2, -0.15) is 0 Å². The second kappa shape index (κ2) is 7.10. The molecule has 1 amide bonds. The number of amides is 1. The van der Waals surface area contributed by atoms with Crippen molar-refractivity contribution in [2.75, 3.05) is 19.8 Å². The predicted molar refractivity (Wildman–Crippen MR) is 69.3 cm³/mol. The molecule has 0 aromatic heterocycles. The lowest BCUT2D eigenvalue weighted by molar-refractivity contribution is -0.136. The molecule has 1 atom stereocenters. The molecule has 0 spiro atoms. The minimum absolute atomic E-state index is 0.169. The van der Waals surface area contributed by atoms with E-state index in [0.717, 1.165) is 38.7 Å². The highest BCUT2D eigenvalue weighted by atomic mass is 16.5. The molecule has 1 aliphatic carbocycles. The van der Waals surface area contributed by atoms with Gasteiger partial charge in [-0.25, -0.2) is 0 Å². The van der Waals surface area contributed by atoms with Crippen molar-refractivity contribution in [3.8, 4) is 0 Å². The minimum Gasteiger partial charge on any atom is -0.396 e. The van der Waals surface area contributed by atoms with Crippen molar-refractivity contribution in [2.45, 2.75) is 63.5 Å². The number of ether oxygens (including phenoxy) is 1. The summed E-state index contributed by atoms with van der Waals surface area (Å²) in [5.74, 6) is 0.253. The second-order valence-corrected chi connectivity index (χ2v) is 5.42. The molecular formula is C14H25NO3. The number of carbonyl (C=O) groups is 1. The van der Waals surface area contributed by atoms with Gasteiger partial charge < -0.3 is 14.7 Å². The Labute approximate surface area is 109 Å². The standard InChI is InChI=1S/C14H25NO3/c16-10-3-9-15(12-4-1-5-12)14(17)8-7-13-6-2-11-18-13/h12-13,16H,1-11H2. The molecule has 18 heavy (non-hydrogen) atoms. The van der Waals surface area contributed by atoms with Gasteiger partial charge in [-0.1, -0.05) is 0 Å². The van der Waals surface area contributed by atoms with E-state index in [0.29, 0.717) is 31.5 Å². The van der Waals surface area contributed by atoms with Crippen LogP contribution in [0.5, 0.6) is 0 Å². The van der Waals surface area contributed by atoms with Crippen molar-refractivity contribution >= 4 is 5.91 Å². The highest BCUT2D eigenvalue weighted by Gasteiger charge is 2.28. The number of hydrogen-bond acceptors (Lipinski definition) is 3. The van der Waals surface area contributed by atoms with Crippen LogP contribution >= 0.6 is 0 Å². The summed E-state index contributed by atoms with van der Waals surface area (Å²) >= 11 is 0. The molecule has 0 aromatic carbocycles. The first-order chi connectivity index (χ1) is 8.81. The van der Waals surface area contributed by atoms with Crippen LogP contribution in [0.1, 0.15) is 51.4 Å². The first-order valence-corrected chi connectivity index (χ1v) is 7.33. The summed E-state index contributed by atoms with van der Waals surface area (Å²) in [4.78, 5) is 14.2. The third-order valence-electron chi connectivity index (χ3n) is 4.10. The number of aliphatic hydroxyl groups is 1. The van der Waals surface area contributed by atoms with E-state index in [2.05, 4.69) is 0 Å². The van der Waals surface area contributed by atoms with Gasteiger partial charge in [-0.3, -0.25) is 4.79 Å². The van der Waals surface area contributed by atoms with Crippen molar-refractivity contribution in [3.63, 3.8) is 0 Å². The van der Waals surface area contributed by atoms with Crippen LogP contribution in [0.2, 0.25) is 0 Å². The molecule has 1 N–H and O–H groups in total. The fourth-order valence-electron chi connectivity index (χ4n) is 2.75. The summed E-state index contributed by atoms with van der Waals surface area (Å²) < 4.78 is 5.55. The summed E-state index contributed by atoms with van der Waals surface area (Å²) in [5.41, 5.74) is 0. The molecule has 0 bridgehead atoms. The first-order valence-electron chi connectivity index (χ1n) is 7.33. The average molecular weight is 255 g/mol. The van der Waals surface area contributed by atoms with Crippen LogP contribution in [0, 0.1) is 0 Å². The summed E-state index contributed by atoms with van der Waals surface area (Å²) in [6.07, 6.45) is 8.21. The van der Waals surface area contributed by atoms with Crippen LogP contribution in [0.3, 0.4) is 0 Å². The van der Waals surface area contributed by atoms with Crippen molar-refractivity contribution < 1.29 is 14.6 Å². The first kappa shape index (κ1) is 13.8. The van der Waals surface area contributed by atoms with Gasteiger partial charge in [0, 0.05) is 32.2 Å². The Morgan fingerprint density at radius 2 is 2.11 bits per heavy atom. The maximum atomic E-state index is 12.2. The monoisotopic (exact) mass is 255 g/mol. The van der Waals surface area contributed by atoms with E-state index in [9.17, 15) is 4.79 Å². The van der Waals surface area contributed by atoms with Gasteiger partial charge in [-0.05, 0) is 44.9 Å². The molecule has 1 unspecified atom stereocenters. The lowest BCUT2D eigenvalue weighted by atomic mass is 9.91. The smallest absolute Gasteiger partial charge is 0.222 e. The maximum Gasteiger partial charge on any atom is 0.222 e. The zero-order chi connectivity index (χ0) is 12.8. The quantitative estimate of drug-likeness (QED) is 0.753. The van der Waals surface area contributed by atoms with Crippen molar-refractivity contribution in [3.05, 3.63) is 0 Å². The highest BCUT2D eigenvalue weighted by Crippen LogP contribution is 2.26. The summed E-state index contributed by atoms with van der Waals surface area (Å²) in [5, 5.41) is 8.91. The third-order valence-corrected chi connectivity index (χ3v) is 4.10. The van der Waals surface area contributed by atoms with Crippen LogP contribution in [0.4, 0.5) is 0 Å². The van der Waals surface area contributed by atoms with Gasteiger partial charge in [0.15, 0.2) is 0 Å². The SMILES string of the molecule is O=C(CCC1CCCO1)N(CCCO)C1CCC1. The van der Waals surface area contributed by atoms with E-state index in [4.69, 9.17) is 9.84 Å². The Morgan fingerprint density at radius 3 is 2.67 bits per heavy atom. The molecule has 1 heterocycles. The fraction of sp³-hybridized carbons (Fsp3) is 0.929. The fourth-order valence-corrected chi connectivity index (χ4v) is 2.75. The van der Waals surface area contributed by atoms with E-state index in [-0.39, 0.29) is 12.5 Å². The minimum atomic E-state index is 0.169. The van der Waals surface area contributed by atoms with Gasteiger partial charge in [0.25, 0.3) is 0 Å². The lowest BCUT2D eigenvalue weighted by Crippen LogP contribution is -2.45. The Kier molecular flexibility index (Phi) is 5.45. The molecule has 4 heteroatoms. The van der Waals surface area contributed by atoms with Gasteiger partial charge in [0.1, 0.15) is 0 Å². The summed E-state index contributed by atoms with van der Waals surface area (Å²) in [6.45, 7) is 1.74. The van der Waals surface area contributed by atoms with Crippen LogP contribution in [-0.4, -0.2) is 47.8 Å². The molecule has 2 rings (SSSR count). The van der Waals surface area contributed by atoms with Gasteiger partial charge in [0.2, 0.25) is 5.91 Å². The molecule has 1 saturated carbocycles. The van der Waals surface area contributed by atoms with Crippen molar-refractivity contribution in [1.29, 1.82) is 0 Å². The zero-order valence-electron chi connectivity index (χ0n) is 11.1. The van der Waals surface area contributed by atoms with Crippen molar-refractivity contribution in [2.24, 2.45) is 0 Å². The van der Waals surface area contributed by atoms with Crippen LogP contribution in [0.25, 0.3) is 0 Å². The van der Waals surface area contributed by atoms with Gasteiger partial charge in [0.05, 0.1) is 6.10 Å². The number of carbonyl (C=O) groups excluding carboxylic acids is 1. The number of rotatable bonds is 7. The molecule has 4 nitrogen and oxygen atoms in total. The van der Waals surface area contributed by atoms with E-state index in [1.54, 1.807) is 0 Å². The van der Waals surface area contributed by atoms with E-state index >= 15 is 0 Å². The third kappa shape index (κ3) is 3.69. The number of nitrogens with zero attached hydrogens (tertiary/aromatic N) is 1. The molecule has 2 fully saturated rings. The van der Waals surface area contributed by atoms with Crippen molar-refractivity contribution in [1.82, 2.24) is 4.90 Å². The summed E-state index contributed by atoms with van der Waals surface area (Å²) in [7, 11) is 0. The molecule has 0 aromatic rings. The van der Waals surface area contributed by atoms with E-state index < -0.39 is 0 Å². The Morgan fingerprint density at radius 1 is 1.28 bits per heavy atom. The maximum absolute atomic E-state index is 12.2. The van der Waals surface area contributed by atoms with E-state index in [1.165, 1.54) is 6.42 Å². The number of aliphatic hydroxyl groups excluding tert-OH is 1. The Bertz CT molecular complexity index is 260. The van der Waals surface area contributed by atoms with E-state index in [1.807, 2.05) is 4.90 Å². The molecule has 0 radical (unpaired) electrons. The number of hydrogen-bond donors (Lipinski definition) is 1. The largest absolute Gasteiger partial charge is 0.396 e. The normalized spacial score (nSPS) is 23.9. The molecule has 1 saturated heterocycles. The summed E-state index contributed by atoms with van der Waals surface area (Å²) in [6, 6.07) is 0.438. The van der Waals surface area contributed by atoms with Gasteiger partial charge in [-0.15, -0.1) is 0 Å². The molecular weight excluding hydrogens is 230 g/mol. The second-order valence-electron chi connectivity index (χ2n) is 5.42. The topological polar surface area (TPSA) is 49.8 Å². The molecule has 1 aliphatic heterocycles. The van der Waals surface area contributed by atoms with Gasteiger partial charge >= 0.3 is 0 Å². The Balaban J connectivity index is 1.74. The highest BCUT2D eigenvalue weighted by molar-refractivity contribution is 5.76. The lowest BCUT2D eigenvalue weighted by Gasteiger charge is -2.37. The average Bonchev–Trinajstić information content (AvgIpc) is 2.81. The van der Waals surface area contributed by atoms with Crippen LogP contribution in [-0.2, 0) is 9.53 Å². The predicted octanol–water partition coefficient (Wildman–Crippen LogP) is 1.71. The Hall–Kier alpha value is -0.610.